The summed E-state index contributed by atoms with van der Waals surface area (Å²) >= 11 is 0. The summed E-state index contributed by atoms with van der Waals surface area (Å²) in [4.78, 5) is 24.9. The molecule has 43 heavy (non-hydrogen) atoms. The fourth-order valence-corrected chi connectivity index (χ4v) is 5.92. The number of pyridine rings is 1. The first kappa shape index (κ1) is 26.8. The first-order valence-electron chi connectivity index (χ1n) is 14.6. The number of phenolic OH excluding ortho intramolecular Hbond substituents is 1. The molecule has 3 aromatic heterocycles. The monoisotopic (exact) mass is 568 g/mol. The van der Waals surface area contributed by atoms with Crippen LogP contribution in [-0.4, -0.2) is 48.6 Å². The van der Waals surface area contributed by atoms with Gasteiger partial charge in [0, 0.05) is 53.0 Å². The molecular weight excluding hydrogens is 536 g/mol. The van der Waals surface area contributed by atoms with Gasteiger partial charge in [-0.2, -0.15) is 9.61 Å². The second kappa shape index (κ2) is 11.3. The predicted octanol–water partition coefficient (Wildman–Crippen LogP) is 6.48. The highest BCUT2D eigenvalue weighted by molar-refractivity contribution is 5.93. The number of hydrogen-bond acceptors (Lipinski definition) is 6. The van der Waals surface area contributed by atoms with Crippen LogP contribution in [0, 0.1) is 12.8 Å². The number of nitrogens with one attached hydrogen (secondary N) is 1. The van der Waals surface area contributed by atoms with E-state index in [-0.39, 0.29) is 17.6 Å². The first-order valence-corrected chi connectivity index (χ1v) is 14.6. The number of fused-ring (bicyclic) bond motifs is 3. The number of phenols is 1. The van der Waals surface area contributed by atoms with Crippen LogP contribution >= 0.6 is 0 Å². The molecular formula is C35H32N6O2. The lowest BCUT2D eigenvalue weighted by Gasteiger charge is -2.31. The Balaban J connectivity index is 1.09. The molecule has 214 valence electrons. The van der Waals surface area contributed by atoms with E-state index in [9.17, 15) is 9.90 Å². The maximum Gasteiger partial charge on any atom is 0.227 e. The van der Waals surface area contributed by atoms with Gasteiger partial charge < -0.3 is 10.4 Å². The number of nitrogens with zero attached hydrogens (tertiary/aromatic N) is 5. The van der Waals surface area contributed by atoms with E-state index in [4.69, 9.17) is 4.98 Å². The quantitative estimate of drug-likeness (QED) is 0.239. The SMILES string of the molecule is Cc1cc2ncc3cc(-c4ccccc4)c(-c4ccc(CN5CCC(C(=O)Nc6cccc(O)c6)CC5)cc4)nc3n2n1. The van der Waals surface area contributed by atoms with Gasteiger partial charge >= 0.3 is 0 Å². The van der Waals surface area contributed by atoms with Gasteiger partial charge in [-0.3, -0.25) is 9.69 Å². The summed E-state index contributed by atoms with van der Waals surface area (Å²) in [7, 11) is 0. The van der Waals surface area contributed by atoms with Crippen LogP contribution in [-0.2, 0) is 11.3 Å². The Hall–Kier alpha value is -5.08. The van der Waals surface area contributed by atoms with E-state index < -0.39 is 0 Å². The lowest BCUT2D eigenvalue weighted by Crippen LogP contribution is -2.37. The van der Waals surface area contributed by atoms with E-state index in [1.54, 1.807) is 24.3 Å². The molecule has 1 fully saturated rings. The molecule has 2 N–H and O–H groups in total. The molecule has 4 heterocycles. The Morgan fingerprint density at radius 2 is 1.72 bits per heavy atom. The highest BCUT2D eigenvalue weighted by Gasteiger charge is 2.25. The zero-order valence-electron chi connectivity index (χ0n) is 23.9. The van der Waals surface area contributed by atoms with Gasteiger partial charge in [-0.25, -0.2) is 9.97 Å². The van der Waals surface area contributed by atoms with Crippen molar-refractivity contribution >= 4 is 28.3 Å². The van der Waals surface area contributed by atoms with Crippen molar-refractivity contribution in [3.05, 3.63) is 108 Å². The Morgan fingerprint density at radius 3 is 2.49 bits per heavy atom. The van der Waals surface area contributed by atoms with Crippen LogP contribution in [0.3, 0.4) is 0 Å². The minimum atomic E-state index is -0.0309. The van der Waals surface area contributed by atoms with Gasteiger partial charge in [0.05, 0.1) is 11.4 Å². The molecule has 8 nitrogen and oxygen atoms in total. The minimum Gasteiger partial charge on any atom is -0.508 e. The van der Waals surface area contributed by atoms with Crippen molar-refractivity contribution in [3.8, 4) is 28.1 Å². The van der Waals surface area contributed by atoms with Crippen molar-refractivity contribution < 1.29 is 9.90 Å². The average molecular weight is 569 g/mol. The molecule has 1 aliphatic rings. The molecule has 7 rings (SSSR count). The van der Waals surface area contributed by atoms with Gasteiger partial charge in [-0.05, 0) is 62.2 Å². The van der Waals surface area contributed by atoms with Crippen LogP contribution in [0.25, 0.3) is 39.1 Å². The van der Waals surface area contributed by atoms with Gasteiger partial charge in [0.2, 0.25) is 5.91 Å². The third-order valence-corrected chi connectivity index (χ3v) is 8.17. The molecule has 1 aliphatic heterocycles. The normalized spacial score (nSPS) is 14.3. The van der Waals surface area contributed by atoms with Crippen molar-refractivity contribution in [3.63, 3.8) is 0 Å². The van der Waals surface area contributed by atoms with Crippen LogP contribution in [0.1, 0.15) is 24.1 Å². The zero-order valence-corrected chi connectivity index (χ0v) is 23.9. The lowest BCUT2D eigenvalue weighted by molar-refractivity contribution is -0.121. The standard InChI is InChI=1S/C35H32N6O2/c1-23-18-32-36-21-28-19-31(25-6-3-2-4-7-25)33(38-34(28)41(32)39-23)26-12-10-24(11-13-26)22-40-16-14-27(15-17-40)35(43)37-29-8-5-9-30(42)20-29/h2-13,18-21,27,42H,14-17,22H2,1H3,(H,37,43). The molecule has 8 heteroatoms. The highest BCUT2D eigenvalue weighted by Crippen LogP contribution is 2.34. The van der Waals surface area contributed by atoms with Crippen molar-refractivity contribution in [1.82, 2.24) is 24.5 Å². The van der Waals surface area contributed by atoms with Crippen molar-refractivity contribution in [2.45, 2.75) is 26.3 Å². The fourth-order valence-electron chi connectivity index (χ4n) is 5.92. The lowest BCUT2D eigenvalue weighted by atomic mass is 9.95. The van der Waals surface area contributed by atoms with E-state index in [2.05, 4.69) is 62.8 Å². The Bertz CT molecular complexity index is 1930. The van der Waals surface area contributed by atoms with Crippen LogP contribution < -0.4 is 5.32 Å². The van der Waals surface area contributed by atoms with Gasteiger partial charge in [-0.1, -0.05) is 60.7 Å². The Labute approximate surface area is 249 Å². The molecule has 0 atom stereocenters. The maximum atomic E-state index is 12.8. The topological polar surface area (TPSA) is 95.7 Å². The second-order valence-electron chi connectivity index (χ2n) is 11.3. The smallest absolute Gasteiger partial charge is 0.227 e. The van der Waals surface area contributed by atoms with E-state index in [0.29, 0.717) is 5.69 Å². The van der Waals surface area contributed by atoms with Crippen LogP contribution in [0.2, 0.25) is 0 Å². The summed E-state index contributed by atoms with van der Waals surface area (Å²) < 4.78 is 1.82. The molecule has 0 spiro atoms. The van der Waals surface area contributed by atoms with Crippen molar-refractivity contribution in [1.29, 1.82) is 0 Å². The summed E-state index contributed by atoms with van der Waals surface area (Å²) in [5, 5.41) is 18.2. The summed E-state index contributed by atoms with van der Waals surface area (Å²) in [5.41, 5.74) is 8.43. The van der Waals surface area contributed by atoms with Crippen LogP contribution in [0.4, 0.5) is 5.69 Å². The summed E-state index contributed by atoms with van der Waals surface area (Å²) in [6.07, 6.45) is 3.48. The van der Waals surface area contributed by atoms with Crippen LogP contribution in [0.15, 0.2) is 97.2 Å². The fraction of sp³-hybridized carbons (Fsp3) is 0.200. The number of likely N-dealkylation sites (tertiary alicyclic amines) is 1. The molecule has 1 saturated heterocycles. The molecule has 1 amide bonds. The average Bonchev–Trinajstić information content (AvgIpc) is 3.42. The molecule has 0 aliphatic carbocycles. The van der Waals surface area contributed by atoms with Gasteiger partial charge in [0.25, 0.3) is 0 Å². The molecule has 0 unspecified atom stereocenters. The van der Waals surface area contributed by atoms with Gasteiger partial charge in [0.1, 0.15) is 5.75 Å². The Morgan fingerprint density at radius 1 is 0.930 bits per heavy atom. The summed E-state index contributed by atoms with van der Waals surface area (Å²) in [6.45, 7) is 4.51. The third-order valence-electron chi connectivity index (χ3n) is 8.17. The third kappa shape index (κ3) is 5.57. The van der Waals surface area contributed by atoms with Gasteiger partial charge in [0.15, 0.2) is 11.3 Å². The molecule has 3 aromatic carbocycles. The number of aryl methyl sites for hydroxylation is 1. The highest BCUT2D eigenvalue weighted by atomic mass is 16.3. The van der Waals surface area contributed by atoms with Crippen LogP contribution in [0.5, 0.6) is 5.75 Å². The zero-order chi connectivity index (χ0) is 29.3. The maximum absolute atomic E-state index is 12.8. The number of carbonyl (C=O) groups is 1. The van der Waals surface area contributed by atoms with Gasteiger partial charge in [-0.15, -0.1) is 0 Å². The van der Waals surface area contributed by atoms with E-state index >= 15 is 0 Å². The number of anilines is 1. The predicted molar refractivity (Wildman–Crippen MR) is 169 cm³/mol. The summed E-state index contributed by atoms with van der Waals surface area (Å²) in [6, 6.07) is 29.8. The second-order valence-corrected chi connectivity index (χ2v) is 11.3. The van der Waals surface area contributed by atoms with E-state index in [0.717, 1.165) is 77.2 Å². The number of hydrogen-bond donors (Lipinski definition) is 2. The van der Waals surface area contributed by atoms with E-state index in [1.165, 1.54) is 5.56 Å². The molecule has 0 saturated carbocycles. The number of aromatic hydroxyl groups is 1. The number of aromatic nitrogens is 4. The Kier molecular flexibility index (Phi) is 7.04. The van der Waals surface area contributed by atoms with Crippen molar-refractivity contribution in [2.75, 3.05) is 18.4 Å². The number of amides is 1. The number of rotatable bonds is 6. The number of carbonyl (C=O) groups excluding carboxylic acids is 1. The largest absolute Gasteiger partial charge is 0.508 e. The summed E-state index contributed by atoms with van der Waals surface area (Å²) in [5.74, 6) is 0.135. The molecule has 6 aromatic rings. The van der Waals surface area contributed by atoms with Crippen molar-refractivity contribution in [2.24, 2.45) is 5.92 Å². The number of piperidine rings is 1. The first-order chi connectivity index (χ1) is 21.0. The minimum absolute atomic E-state index is 0.0186. The number of benzene rings is 3. The molecule has 0 bridgehead atoms. The van der Waals surface area contributed by atoms with E-state index in [1.807, 2.05) is 41.9 Å². The molecule has 0 radical (unpaired) electrons.